The Hall–Kier alpha value is -0.830. The van der Waals surface area contributed by atoms with Gasteiger partial charge in [0.2, 0.25) is 0 Å². The molecule has 7 atom stereocenters. The molecule has 0 bridgehead atoms. The predicted octanol–water partition coefficient (Wildman–Crippen LogP) is 3.21. The minimum atomic E-state index is -4.63. The van der Waals surface area contributed by atoms with Gasteiger partial charge in [-0.1, -0.05) is 13.0 Å². The van der Waals surface area contributed by atoms with Gasteiger partial charge in [0.15, 0.2) is 11.2 Å². The lowest BCUT2D eigenvalue weighted by molar-refractivity contribution is -0.0392. The number of hydrogen-bond acceptors (Lipinski definition) is 5. The van der Waals surface area contributed by atoms with Crippen LogP contribution in [0.3, 0.4) is 0 Å². The van der Waals surface area contributed by atoms with Crippen molar-refractivity contribution in [2.45, 2.75) is 57.5 Å². The molecule has 32 heavy (non-hydrogen) atoms. The highest BCUT2D eigenvalue weighted by molar-refractivity contribution is 7.79. The first-order valence-electron chi connectivity index (χ1n) is 11.4. The van der Waals surface area contributed by atoms with Crippen LogP contribution >= 0.6 is 7.82 Å². The van der Waals surface area contributed by atoms with E-state index in [1.807, 2.05) is 6.07 Å². The SMILES string of the molecule is C[C@]12CC[C@@H]3c4ccc(OP(=O)(O)O)cc4C[C@@H](CCNCCS(=O)F)[C@H]3[C@@H]1CC[C@@H]2O. The maximum Gasteiger partial charge on any atom is 0.524 e. The third kappa shape index (κ3) is 4.98. The number of phosphoric acid groups is 1. The molecule has 7 nitrogen and oxygen atoms in total. The summed E-state index contributed by atoms with van der Waals surface area (Å²) in [5, 5.41) is 13.9. The van der Waals surface area contributed by atoms with Crippen LogP contribution in [0.1, 0.15) is 56.1 Å². The zero-order valence-electron chi connectivity index (χ0n) is 18.3. The summed E-state index contributed by atoms with van der Waals surface area (Å²) in [6.07, 6.45) is 5.16. The molecule has 2 fully saturated rings. The fourth-order valence-corrected chi connectivity index (χ4v) is 7.47. The van der Waals surface area contributed by atoms with E-state index in [0.717, 1.165) is 44.1 Å². The van der Waals surface area contributed by atoms with Gasteiger partial charge < -0.3 is 14.9 Å². The number of aliphatic hydroxyl groups is 1. The van der Waals surface area contributed by atoms with Gasteiger partial charge in [-0.3, -0.25) is 9.79 Å². The van der Waals surface area contributed by atoms with Gasteiger partial charge in [0.1, 0.15) is 5.75 Å². The lowest BCUT2D eigenvalue weighted by Gasteiger charge is -2.53. The van der Waals surface area contributed by atoms with E-state index >= 15 is 0 Å². The molecule has 0 spiro atoms. The Kier molecular flexibility index (Phi) is 7.16. The van der Waals surface area contributed by atoms with Crippen LogP contribution in [0.2, 0.25) is 0 Å². The van der Waals surface area contributed by atoms with Gasteiger partial charge in [-0.25, -0.2) is 8.77 Å². The molecule has 1 aromatic carbocycles. The zero-order chi connectivity index (χ0) is 23.1. The number of phosphoric ester groups is 1. The Morgan fingerprint density at radius 1 is 1.28 bits per heavy atom. The molecular weight excluding hydrogens is 456 g/mol. The van der Waals surface area contributed by atoms with Crippen molar-refractivity contribution in [3.8, 4) is 5.75 Å². The molecular formula is C22H33FNO6PS. The third-order valence-corrected chi connectivity index (χ3v) is 9.15. The summed E-state index contributed by atoms with van der Waals surface area (Å²) in [6.45, 7) is 3.27. The number of nitrogens with one attached hydrogen (secondary N) is 1. The molecule has 4 N–H and O–H groups in total. The second-order valence-corrected chi connectivity index (χ2v) is 12.0. The zero-order valence-corrected chi connectivity index (χ0v) is 20.0. The van der Waals surface area contributed by atoms with Gasteiger partial charge in [-0.2, -0.15) is 0 Å². The maximum atomic E-state index is 12.6. The second-order valence-electron chi connectivity index (χ2n) is 9.87. The molecule has 1 unspecified atom stereocenters. The third-order valence-electron chi connectivity index (χ3n) is 8.18. The Morgan fingerprint density at radius 3 is 2.78 bits per heavy atom. The Bertz CT molecular complexity index is 912. The summed E-state index contributed by atoms with van der Waals surface area (Å²) in [5.41, 5.74) is 2.22. The first kappa shape index (κ1) is 24.3. The molecule has 0 aromatic heterocycles. The van der Waals surface area contributed by atoms with E-state index in [1.54, 1.807) is 12.1 Å². The summed E-state index contributed by atoms with van der Waals surface area (Å²) < 4.78 is 39.4. The smallest absolute Gasteiger partial charge is 0.404 e. The van der Waals surface area contributed by atoms with Gasteiger partial charge in [0.05, 0.1) is 11.9 Å². The normalized spacial score (nSPS) is 35.0. The molecule has 4 rings (SSSR count). The highest BCUT2D eigenvalue weighted by Gasteiger charge is 2.56. The van der Waals surface area contributed by atoms with Crippen molar-refractivity contribution >= 4 is 19.0 Å². The highest BCUT2D eigenvalue weighted by Crippen LogP contribution is 2.62. The van der Waals surface area contributed by atoms with Gasteiger partial charge >= 0.3 is 7.82 Å². The molecule has 0 radical (unpaired) electrons. The van der Waals surface area contributed by atoms with Gasteiger partial charge in [-0.05, 0) is 97.4 Å². The van der Waals surface area contributed by atoms with Crippen molar-refractivity contribution in [3.05, 3.63) is 29.3 Å². The van der Waals surface area contributed by atoms with E-state index in [9.17, 15) is 27.6 Å². The minimum Gasteiger partial charge on any atom is -0.404 e. The molecule has 0 amide bonds. The summed E-state index contributed by atoms with van der Waals surface area (Å²) in [5.74, 6) is 1.68. The topological polar surface area (TPSA) is 116 Å². The van der Waals surface area contributed by atoms with Gasteiger partial charge in [0, 0.05) is 6.54 Å². The van der Waals surface area contributed by atoms with Crippen LogP contribution in [0.25, 0.3) is 0 Å². The highest BCUT2D eigenvalue weighted by atomic mass is 32.2. The monoisotopic (exact) mass is 489 g/mol. The quantitative estimate of drug-likeness (QED) is 0.252. The second kappa shape index (κ2) is 9.43. The molecule has 2 saturated carbocycles. The molecule has 0 heterocycles. The maximum absolute atomic E-state index is 12.6. The predicted molar refractivity (Wildman–Crippen MR) is 120 cm³/mol. The van der Waals surface area contributed by atoms with E-state index in [-0.39, 0.29) is 23.0 Å². The number of benzene rings is 1. The average Bonchev–Trinajstić information content (AvgIpc) is 3.00. The van der Waals surface area contributed by atoms with Crippen LogP contribution in [0.5, 0.6) is 5.75 Å². The summed E-state index contributed by atoms with van der Waals surface area (Å²) in [6, 6.07) is 5.36. The van der Waals surface area contributed by atoms with Crippen LogP contribution in [-0.4, -0.2) is 44.0 Å². The fraction of sp³-hybridized carbons (Fsp3) is 0.727. The Balaban J connectivity index is 1.59. The standard InChI is InChI=1S/C22H33FNO6PS/c1-22-8-6-18-17-3-2-16(30-31(26,27)28)13-15(17)12-14(7-9-24-10-11-32(23)29)21(18)19(22)4-5-20(22)25/h2-3,13-14,18-21,24-25H,4-12H2,1H3,(H2,26,27,28)/t14-,18-,19+,20+,21-,22+,32?/m1/s1. The first-order chi connectivity index (χ1) is 15.1. The largest absolute Gasteiger partial charge is 0.524 e. The van der Waals surface area contributed by atoms with Crippen molar-refractivity contribution in [1.29, 1.82) is 0 Å². The Morgan fingerprint density at radius 2 is 2.06 bits per heavy atom. The molecule has 0 aliphatic heterocycles. The van der Waals surface area contributed by atoms with Crippen LogP contribution < -0.4 is 9.84 Å². The number of rotatable bonds is 8. The fourth-order valence-electron chi connectivity index (χ4n) is 6.78. The molecule has 1 aromatic rings. The van der Waals surface area contributed by atoms with E-state index in [0.29, 0.717) is 36.8 Å². The van der Waals surface area contributed by atoms with E-state index in [2.05, 4.69) is 12.2 Å². The van der Waals surface area contributed by atoms with Gasteiger partial charge in [0.25, 0.3) is 0 Å². The Labute approximate surface area is 191 Å². The first-order valence-corrected chi connectivity index (χ1v) is 14.1. The van der Waals surface area contributed by atoms with Crippen molar-refractivity contribution in [2.75, 3.05) is 18.8 Å². The van der Waals surface area contributed by atoms with E-state index in [4.69, 9.17) is 4.52 Å². The lowest BCUT2D eigenvalue weighted by atomic mass is 9.52. The molecule has 3 aliphatic rings. The van der Waals surface area contributed by atoms with Crippen LogP contribution in [-0.2, 0) is 22.2 Å². The van der Waals surface area contributed by atoms with Gasteiger partial charge in [-0.15, -0.1) is 3.89 Å². The van der Waals surface area contributed by atoms with Crippen molar-refractivity contribution in [3.63, 3.8) is 0 Å². The number of hydrogen-bond donors (Lipinski definition) is 4. The minimum absolute atomic E-state index is 0.0183. The number of fused-ring (bicyclic) bond motifs is 5. The summed E-state index contributed by atoms with van der Waals surface area (Å²) in [4.78, 5) is 18.4. The summed E-state index contributed by atoms with van der Waals surface area (Å²) >= 11 is -2.30. The van der Waals surface area contributed by atoms with Crippen LogP contribution in [0.15, 0.2) is 18.2 Å². The van der Waals surface area contributed by atoms with Crippen molar-refractivity contribution < 1.29 is 32.1 Å². The van der Waals surface area contributed by atoms with Crippen LogP contribution in [0.4, 0.5) is 3.89 Å². The molecule has 180 valence electrons. The number of aliphatic hydroxyl groups excluding tert-OH is 1. The van der Waals surface area contributed by atoms with Crippen molar-refractivity contribution in [2.24, 2.45) is 23.2 Å². The van der Waals surface area contributed by atoms with Crippen LogP contribution in [0, 0.1) is 23.2 Å². The molecule has 10 heteroatoms. The van der Waals surface area contributed by atoms with Crippen molar-refractivity contribution in [1.82, 2.24) is 5.32 Å². The summed E-state index contributed by atoms with van der Waals surface area (Å²) in [7, 11) is -4.63. The average molecular weight is 490 g/mol. The molecule has 3 aliphatic carbocycles. The number of halogens is 1. The molecule has 0 saturated heterocycles. The van der Waals surface area contributed by atoms with E-state index in [1.165, 1.54) is 5.56 Å². The lowest BCUT2D eigenvalue weighted by Crippen LogP contribution is -2.47. The van der Waals surface area contributed by atoms with E-state index < -0.39 is 19.0 Å².